The minimum atomic E-state index is -1.30. The van der Waals surface area contributed by atoms with Crippen molar-refractivity contribution in [3.63, 3.8) is 0 Å². The maximum atomic E-state index is 10.4. The van der Waals surface area contributed by atoms with Crippen molar-refractivity contribution in [1.29, 1.82) is 0 Å². The molecule has 2 heterocycles. The number of halogens is 1. The summed E-state index contributed by atoms with van der Waals surface area (Å²) >= 11 is 6.40. The summed E-state index contributed by atoms with van der Waals surface area (Å²) in [6, 6.07) is 13.1. The average molecular weight is 451 g/mol. The third-order valence-corrected chi connectivity index (χ3v) is 6.14. The predicted octanol–water partition coefficient (Wildman–Crippen LogP) is 1.61. The van der Waals surface area contributed by atoms with E-state index in [0.29, 0.717) is 23.6 Å². The van der Waals surface area contributed by atoms with Gasteiger partial charge in [-0.2, -0.15) is 0 Å². The number of hydrogen-bond donors (Lipinski definition) is 4. The number of benzene rings is 2. The van der Waals surface area contributed by atoms with Crippen LogP contribution in [0.25, 0.3) is 0 Å². The molecule has 168 valence electrons. The van der Waals surface area contributed by atoms with Crippen molar-refractivity contribution in [3.8, 4) is 5.75 Å². The molecule has 2 aliphatic heterocycles. The van der Waals surface area contributed by atoms with E-state index < -0.39 is 37.1 Å². The number of aliphatic hydroxyl groups is 4. The van der Waals surface area contributed by atoms with Gasteiger partial charge in [-0.05, 0) is 41.3 Å². The fourth-order valence-electron chi connectivity index (χ4n) is 4.01. The molecule has 2 aromatic carbocycles. The van der Waals surface area contributed by atoms with Gasteiger partial charge in [0.15, 0.2) is 0 Å². The molecule has 2 saturated heterocycles. The van der Waals surface area contributed by atoms with Gasteiger partial charge in [-0.25, -0.2) is 0 Å². The lowest BCUT2D eigenvalue weighted by atomic mass is 9.96. The fraction of sp³-hybridized carbons (Fsp3) is 0.478. The van der Waals surface area contributed by atoms with Gasteiger partial charge in [0.25, 0.3) is 0 Å². The smallest absolute Gasteiger partial charge is 0.124 e. The third kappa shape index (κ3) is 5.04. The molecule has 6 atom stereocenters. The topological polar surface area (TPSA) is 109 Å². The minimum absolute atomic E-state index is 0.0957. The van der Waals surface area contributed by atoms with Crippen LogP contribution in [0.3, 0.4) is 0 Å². The zero-order valence-electron chi connectivity index (χ0n) is 16.9. The molecular weight excluding hydrogens is 424 g/mol. The van der Waals surface area contributed by atoms with Gasteiger partial charge in [-0.15, -0.1) is 0 Å². The molecule has 31 heavy (non-hydrogen) atoms. The lowest BCUT2D eigenvalue weighted by molar-refractivity contribution is -0.0820. The summed E-state index contributed by atoms with van der Waals surface area (Å²) in [7, 11) is 0. The monoisotopic (exact) mass is 450 g/mol. The van der Waals surface area contributed by atoms with Gasteiger partial charge in [-0.3, -0.25) is 0 Å². The van der Waals surface area contributed by atoms with E-state index in [0.717, 1.165) is 29.9 Å². The summed E-state index contributed by atoms with van der Waals surface area (Å²) in [4.78, 5) is 0. The summed E-state index contributed by atoms with van der Waals surface area (Å²) in [5.41, 5.74) is 2.52. The fourth-order valence-corrected chi connectivity index (χ4v) is 4.20. The zero-order chi connectivity index (χ0) is 22.0. The Morgan fingerprint density at radius 1 is 1.10 bits per heavy atom. The highest BCUT2D eigenvalue weighted by Gasteiger charge is 2.46. The quantitative estimate of drug-likeness (QED) is 0.507. The summed E-state index contributed by atoms with van der Waals surface area (Å²) in [5.74, 6) is 0.795. The Hall–Kier alpha value is -1.71. The molecule has 0 radical (unpaired) electrons. The first kappa shape index (κ1) is 22.5. The van der Waals surface area contributed by atoms with Crippen molar-refractivity contribution < 1.29 is 34.6 Å². The van der Waals surface area contributed by atoms with Crippen molar-refractivity contribution in [1.82, 2.24) is 0 Å². The first-order valence-electron chi connectivity index (χ1n) is 10.4. The second-order valence-electron chi connectivity index (χ2n) is 8.03. The summed E-state index contributed by atoms with van der Waals surface area (Å²) in [6.45, 7) is 0.776. The van der Waals surface area contributed by atoms with Crippen LogP contribution in [-0.2, 0) is 15.9 Å². The van der Waals surface area contributed by atoms with Crippen LogP contribution < -0.4 is 4.74 Å². The summed E-state index contributed by atoms with van der Waals surface area (Å²) in [6.07, 6.45) is -4.15. The van der Waals surface area contributed by atoms with E-state index in [1.165, 1.54) is 0 Å². The lowest BCUT2D eigenvalue weighted by Gasteiger charge is -2.19. The van der Waals surface area contributed by atoms with Crippen molar-refractivity contribution in [2.24, 2.45) is 0 Å². The molecule has 4 rings (SSSR count). The second kappa shape index (κ2) is 9.83. The Bertz CT molecular complexity index is 869. The van der Waals surface area contributed by atoms with Crippen LogP contribution in [0, 0.1) is 0 Å². The second-order valence-corrected chi connectivity index (χ2v) is 8.43. The highest BCUT2D eigenvalue weighted by atomic mass is 35.5. The van der Waals surface area contributed by atoms with E-state index in [4.69, 9.17) is 30.9 Å². The molecule has 8 heteroatoms. The molecule has 2 aliphatic rings. The molecule has 0 saturated carbocycles. The van der Waals surface area contributed by atoms with E-state index in [1.54, 1.807) is 12.1 Å². The first-order valence-corrected chi connectivity index (χ1v) is 10.8. The van der Waals surface area contributed by atoms with Crippen LogP contribution in [0.2, 0.25) is 5.02 Å². The highest BCUT2D eigenvalue weighted by Crippen LogP contribution is 2.36. The number of aliphatic hydroxyl groups excluding tert-OH is 4. The Morgan fingerprint density at radius 2 is 1.87 bits per heavy atom. The molecule has 0 aromatic heterocycles. The van der Waals surface area contributed by atoms with Crippen LogP contribution in [0.1, 0.15) is 29.2 Å². The van der Waals surface area contributed by atoms with E-state index in [1.807, 2.05) is 30.3 Å². The zero-order valence-corrected chi connectivity index (χ0v) is 17.7. The number of ether oxygens (including phenoxy) is 3. The van der Waals surface area contributed by atoms with Crippen LogP contribution in [-0.4, -0.2) is 70.8 Å². The standard InChI is InChI=1S/C23H27ClO7/c24-18-6-3-14(22-20(27)21(28)23(31-22)19(26)11-25)10-15(18)9-13-1-4-16(5-2-13)30-17-7-8-29-12-17/h1-6,10,17,19-23,25-28H,7-9,11-12H2/t17-,19+,20?,21+,22?,23+/m0/s1. The average Bonchev–Trinajstić information content (AvgIpc) is 3.39. The van der Waals surface area contributed by atoms with Gasteiger partial charge in [0.1, 0.15) is 42.4 Å². The molecule has 0 bridgehead atoms. The summed E-state index contributed by atoms with van der Waals surface area (Å²) in [5, 5.41) is 40.1. The van der Waals surface area contributed by atoms with Gasteiger partial charge in [-0.1, -0.05) is 35.9 Å². The Morgan fingerprint density at radius 3 is 2.55 bits per heavy atom. The van der Waals surface area contributed by atoms with Gasteiger partial charge in [0.05, 0.1) is 19.8 Å². The molecule has 7 nitrogen and oxygen atoms in total. The van der Waals surface area contributed by atoms with Crippen molar-refractivity contribution >= 4 is 11.6 Å². The van der Waals surface area contributed by atoms with Crippen LogP contribution >= 0.6 is 11.6 Å². The Labute approximate surface area is 185 Å². The maximum absolute atomic E-state index is 10.4. The number of rotatable bonds is 7. The third-order valence-electron chi connectivity index (χ3n) is 5.77. The van der Waals surface area contributed by atoms with Crippen molar-refractivity contribution in [2.45, 2.75) is 49.5 Å². The molecule has 0 amide bonds. The largest absolute Gasteiger partial charge is 0.488 e. The Kier molecular flexibility index (Phi) is 7.13. The van der Waals surface area contributed by atoms with E-state index >= 15 is 0 Å². The molecular formula is C23H27ClO7. The van der Waals surface area contributed by atoms with Gasteiger partial charge in [0.2, 0.25) is 0 Å². The molecule has 0 aliphatic carbocycles. The normalized spacial score (nSPS) is 29.3. The lowest BCUT2D eigenvalue weighted by Crippen LogP contribution is -2.40. The summed E-state index contributed by atoms with van der Waals surface area (Å²) < 4.78 is 16.9. The van der Waals surface area contributed by atoms with Crippen LogP contribution in [0.4, 0.5) is 0 Å². The molecule has 0 spiro atoms. The van der Waals surface area contributed by atoms with Crippen LogP contribution in [0.15, 0.2) is 42.5 Å². The highest BCUT2D eigenvalue weighted by molar-refractivity contribution is 6.31. The SMILES string of the molecule is OC[C@@H](O)[C@H]1OC(c2ccc(Cl)c(Cc3ccc(O[C@H]4CCOC4)cc3)c2)C(O)[C@H]1O. The van der Waals surface area contributed by atoms with E-state index in [9.17, 15) is 15.3 Å². The van der Waals surface area contributed by atoms with E-state index in [-0.39, 0.29) is 6.10 Å². The molecule has 2 unspecified atom stereocenters. The predicted molar refractivity (Wildman–Crippen MR) is 113 cm³/mol. The van der Waals surface area contributed by atoms with E-state index in [2.05, 4.69) is 0 Å². The molecule has 2 aromatic rings. The van der Waals surface area contributed by atoms with Crippen molar-refractivity contribution in [3.05, 3.63) is 64.2 Å². The van der Waals surface area contributed by atoms with Gasteiger partial charge < -0.3 is 34.6 Å². The van der Waals surface area contributed by atoms with Crippen molar-refractivity contribution in [2.75, 3.05) is 19.8 Å². The maximum Gasteiger partial charge on any atom is 0.124 e. The van der Waals surface area contributed by atoms with Gasteiger partial charge >= 0.3 is 0 Å². The first-order chi connectivity index (χ1) is 15.0. The van der Waals surface area contributed by atoms with Crippen LogP contribution in [0.5, 0.6) is 5.75 Å². The molecule has 2 fully saturated rings. The van der Waals surface area contributed by atoms with Gasteiger partial charge in [0, 0.05) is 11.4 Å². The Balaban J connectivity index is 1.47. The minimum Gasteiger partial charge on any atom is -0.488 e. The molecule has 4 N–H and O–H groups in total. The number of hydrogen-bond acceptors (Lipinski definition) is 7.